The second-order valence-electron chi connectivity index (χ2n) is 5.91. The Bertz CT molecular complexity index is 922. The lowest BCUT2D eigenvalue weighted by atomic mass is 10.1. The fourth-order valence-electron chi connectivity index (χ4n) is 2.51. The number of nitrogens with one attached hydrogen (secondary N) is 1. The highest BCUT2D eigenvalue weighted by Crippen LogP contribution is 2.27. The lowest BCUT2D eigenvalue weighted by molar-refractivity contribution is -0.116. The Labute approximate surface area is 172 Å². The Morgan fingerprint density at radius 1 is 1.07 bits per heavy atom. The van der Waals surface area contributed by atoms with Crippen LogP contribution in [-0.4, -0.2) is 33.3 Å². The summed E-state index contributed by atoms with van der Waals surface area (Å²) in [5, 5.41) is 2.71. The maximum Gasteiger partial charge on any atom is 0.244 e. The van der Waals surface area contributed by atoms with Crippen LogP contribution in [0.3, 0.4) is 0 Å². The van der Waals surface area contributed by atoms with Crippen molar-refractivity contribution in [3.05, 3.63) is 72.3 Å². The summed E-state index contributed by atoms with van der Waals surface area (Å²) in [5.41, 5.74) is 1.90. The molecular weight excluding hydrogens is 366 g/mol. The highest BCUT2D eigenvalue weighted by Gasteiger charge is 2.03. The molecule has 5 nitrogen and oxygen atoms in total. The van der Waals surface area contributed by atoms with Crippen molar-refractivity contribution in [2.45, 2.75) is 6.42 Å². The third-order valence-electron chi connectivity index (χ3n) is 3.95. The smallest absolute Gasteiger partial charge is 0.244 e. The van der Waals surface area contributed by atoms with Crippen molar-refractivity contribution in [3.8, 4) is 29.1 Å². The molecule has 0 aliphatic rings. The molecule has 2 rings (SSSR count). The summed E-state index contributed by atoms with van der Waals surface area (Å²) >= 11 is 0. The normalized spacial score (nSPS) is 10.0. The van der Waals surface area contributed by atoms with E-state index in [2.05, 4.69) is 23.7 Å². The Balaban J connectivity index is 1.78. The average molecular weight is 391 g/mol. The standard InChI is InChI=1S/C24H25NO4/c1-4-9-20-10-5-6-11-21(20)29-17-8-7-16-25-24(26)15-13-19-12-14-22(27-2)23(18-19)28-3/h4-6,10-15,18H,1,9,16-17H2,2-3H3,(H,25,26)/b15-13+. The number of para-hydroxylation sites is 1. The van der Waals surface area contributed by atoms with Crippen molar-refractivity contribution >= 4 is 12.0 Å². The minimum absolute atomic E-state index is 0.230. The molecule has 1 N–H and O–H groups in total. The SMILES string of the molecule is C=CCc1ccccc1OCC#CCNC(=O)/C=C/c1ccc(OC)c(OC)c1. The van der Waals surface area contributed by atoms with Gasteiger partial charge in [-0.1, -0.05) is 42.2 Å². The van der Waals surface area contributed by atoms with Gasteiger partial charge < -0.3 is 19.5 Å². The van der Waals surface area contributed by atoms with Gasteiger partial charge in [0.2, 0.25) is 5.91 Å². The van der Waals surface area contributed by atoms with E-state index in [0.29, 0.717) is 11.5 Å². The van der Waals surface area contributed by atoms with E-state index in [9.17, 15) is 4.79 Å². The van der Waals surface area contributed by atoms with Crippen LogP contribution in [0.5, 0.6) is 17.2 Å². The van der Waals surface area contributed by atoms with Crippen molar-refractivity contribution in [2.24, 2.45) is 0 Å². The first-order chi connectivity index (χ1) is 14.2. The lowest BCUT2D eigenvalue weighted by Crippen LogP contribution is -2.21. The van der Waals surface area contributed by atoms with Gasteiger partial charge in [0, 0.05) is 6.08 Å². The summed E-state index contributed by atoms with van der Waals surface area (Å²) in [5.74, 6) is 7.57. The third kappa shape index (κ3) is 7.11. The molecule has 0 saturated carbocycles. The zero-order valence-corrected chi connectivity index (χ0v) is 16.7. The number of benzene rings is 2. The van der Waals surface area contributed by atoms with Gasteiger partial charge in [-0.25, -0.2) is 0 Å². The van der Waals surface area contributed by atoms with E-state index in [-0.39, 0.29) is 19.1 Å². The van der Waals surface area contributed by atoms with Crippen molar-refractivity contribution in [2.75, 3.05) is 27.4 Å². The van der Waals surface area contributed by atoms with Crippen molar-refractivity contribution in [1.29, 1.82) is 0 Å². The predicted octanol–water partition coefficient (Wildman–Crippen LogP) is 3.64. The first-order valence-corrected chi connectivity index (χ1v) is 9.13. The van der Waals surface area contributed by atoms with Crippen LogP contribution in [0.1, 0.15) is 11.1 Å². The van der Waals surface area contributed by atoms with Crippen LogP contribution in [0.2, 0.25) is 0 Å². The van der Waals surface area contributed by atoms with Crippen LogP contribution in [0.15, 0.2) is 61.2 Å². The summed E-state index contributed by atoms with van der Waals surface area (Å²) in [6.07, 6.45) is 5.72. The number of ether oxygens (including phenoxy) is 3. The number of carbonyl (C=O) groups excluding carboxylic acids is 1. The molecule has 150 valence electrons. The molecular formula is C24H25NO4. The molecule has 0 aliphatic heterocycles. The summed E-state index contributed by atoms with van der Waals surface area (Å²) in [7, 11) is 3.14. The quantitative estimate of drug-likeness (QED) is 0.403. The van der Waals surface area contributed by atoms with Gasteiger partial charge in [0.25, 0.3) is 0 Å². The molecule has 29 heavy (non-hydrogen) atoms. The van der Waals surface area contributed by atoms with Crippen LogP contribution < -0.4 is 19.5 Å². The number of carbonyl (C=O) groups is 1. The second-order valence-corrected chi connectivity index (χ2v) is 5.91. The van der Waals surface area contributed by atoms with E-state index < -0.39 is 0 Å². The van der Waals surface area contributed by atoms with E-state index in [1.165, 1.54) is 6.08 Å². The van der Waals surface area contributed by atoms with Crippen LogP contribution in [0.4, 0.5) is 0 Å². The average Bonchev–Trinajstić information content (AvgIpc) is 2.75. The Morgan fingerprint density at radius 2 is 1.86 bits per heavy atom. The number of amides is 1. The van der Waals surface area contributed by atoms with Crippen LogP contribution in [-0.2, 0) is 11.2 Å². The monoisotopic (exact) mass is 391 g/mol. The summed E-state index contributed by atoms with van der Waals surface area (Å²) in [6.45, 7) is 4.24. The van der Waals surface area contributed by atoms with Gasteiger partial charge >= 0.3 is 0 Å². The molecule has 1 amide bonds. The third-order valence-corrected chi connectivity index (χ3v) is 3.95. The number of allylic oxidation sites excluding steroid dienone is 1. The van der Waals surface area contributed by atoms with Gasteiger partial charge in [0.05, 0.1) is 20.8 Å². The number of methoxy groups -OCH3 is 2. The van der Waals surface area contributed by atoms with Crippen LogP contribution >= 0.6 is 0 Å². The van der Waals surface area contributed by atoms with Gasteiger partial charge in [-0.05, 0) is 41.8 Å². The van der Waals surface area contributed by atoms with Crippen LogP contribution in [0, 0.1) is 11.8 Å². The van der Waals surface area contributed by atoms with Gasteiger partial charge in [0.15, 0.2) is 11.5 Å². The highest BCUT2D eigenvalue weighted by molar-refractivity contribution is 5.91. The number of rotatable bonds is 9. The molecule has 2 aromatic carbocycles. The summed E-state index contributed by atoms with van der Waals surface area (Å²) in [6, 6.07) is 13.2. The highest BCUT2D eigenvalue weighted by atomic mass is 16.5. The number of hydrogen-bond donors (Lipinski definition) is 1. The summed E-state index contributed by atoms with van der Waals surface area (Å²) in [4.78, 5) is 11.9. The van der Waals surface area contributed by atoms with E-state index >= 15 is 0 Å². The van der Waals surface area contributed by atoms with Gasteiger partial charge in [-0.15, -0.1) is 6.58 Å². The molecule has 0 heterocycles. The van der Waals surface area contributed by atoms with Gasteiger partial charge in [-0.3, -0.25) is 4.79 Å². The molecule has 0 radical (unpaired) electrons. The van der Waals surface area contributed by atoms with Crippen molar-refractivity contribution in [1.82, 2.24) is 5.32 Å². The maximum atomic E-state index is 11.9. The molecule has 0 fully saturated rings. The summed E-state index contributed by atoms with van der Waals surface area (Å²) < 4.78 is 16.1. The first kappa shape index (κ1) is 21.6. The molecule has 0 atom stereocenters. The Hall–Kier alpha value is -3.65. The minimum Gasteiger partial charge on any atom is -0.493 e. The molecule has 0 spiro atoms. The lowest BCUT2D eigenvalue weighted by Gasteiger charge is -2.07. The molecule has 0 bridgehead atoms. The predicted molar refractivity (Wildman–Crippen MR) is 115 cm³/mol. The van der Waals surface area contributed by atoms with E-state index in [0.717, 1.165) is 23.3 Å². The Morgan fingerprint density at radius 3 is 2.62 bits per heavy atom. The molecule has 0 saturated heterocycles. The minimum atomic E-state index is -0.230. The molecule has 0 aromatic heterocycles. The van der Waals surface area contributed by atoms with Gasteiger partial charge in [0.1, 0.15) is 12.4 Å². The zero-order chi connectivity index (χ0) is 20.9. The van der Waals surface area contributed by atoms with Crippen molar-refractivity contribution in [3.63, 3.8) is 0 Å². The van der Waals surface area contributed by atoms with Crippen molar-refractivity contribution < 1.29 is 19.0 Å². The fraction of sp³-hybridized carbons (Fsp3) is 0.208. The zero-order valence-electron chi connectivity index (χ0n) is 16.7. The largest absolute Gasteiger partial charge is 0.493 e. The maximum absolute atomic E-state index is 11.9. The van der Waals surface area contributed by atoms with E-state index in [4.69, 9.17) is 14.2 Å². The first-order valence-electron chi connectivity index (χ1n) is 9.13. The molecule has 0 aliphatic carbocycles. The Kier molecular flexibility index (Phi) is 8.91. The molecule has 0 unspecified atom stereocenters. The molecule has 5 heteroatoms. The topological polar surface area (TPSA) is 56.8 Å². The second kappa shape index (κ2) is 11.9. The van der Waals surface area contributed by atoms with Gasteiger partial charge in [-0.2, -0.15) is 0 Å². The fourth-order valence-corrected chi connectivity index (χ4v) is 2.51. The van der Waals surface area contributed by atoms with E-state index in [1.807, 2.05) is 36.4 Å². The van der Waals surface area contributed by atoms with Crippen LogP contribution in [0.25, 0.3) is 6.08 Å². The molecule has 2 aromatic rings. The van der Waals surface area contributed by atoms with E-state index in [1.54, 1.807) is 32.4 Å². The number of hydrogen-bond acceptors (Lipinski definition) is 4.